The van der Waals surface area contributed by atoms with Gasteiger partial charge in [0.25, 0.3) is 17.6 Å². The van der Waals surface area contributed by atoms with Gasteiger partial charge < -0.3 is 20.1 Å². The first kappa shape index (κ1) is 28.4. The summed E-state index contributed by atoms with van der Waals surface area (Å²) in [5.41, 5.74) is 4.23. The average Bonchev–Trinajstić information content (AvgIpc) is 3.56. The molecule has 3 heterocycles. The molecule has 3 amide bonds. The standard InChI is InChI=1S/C34H30N6O4/c1-38(2)24-15-13-23(14-16-24)37-33(43)31(27-19-36-28-11-5-3-9-25(27)28)40(20-22-8-7-17-35-18-22)30(41)21-39-29-12-6-4-10-26(29)32(42)34(39)44/h3-19,31,36H,20-21H2,1-2H3,(H,37,43). The number of nitrogens with zero attached hydrogens (tertiary/aromatic N) is 4. The van der Waals surface area contributed by atoms with Crippen LogP contribution in [0.3, 0.4) is 0 Å². The lowest BCUT2D eigenvalue weighted by molar-refractivity contribution is -0.139. The molecule has 5 aromatic rings. The van der Waals surface area contributed by atoms with Crippen molar-refractivity contribution in [2.75, 3.05) is 35.8 Å². The van der Waals surface area contributed by atoms with Crippen molar-refractivity contribution in [1.29, 1.82) is 0 Å². The van der Waals surface area contributed by atoms with Gasteiger partial charge in [0.15, 0.2) is 0 Å². The number of para-hydroxylation sites is 2. The Labute approximate surface area is 253 Å². The predicted molar refractivity (Wildman–Crippen MR) is 168 cm³/mol. The number of nitrogens with one attached hydrogen (secondary N) is 2. The Kier molecular flexibility index (Phi) is 7.63. The van der Waals surface area contributed by atoms with E-state index in [9.17, 15) is 19.2 Å². The van der Waals surface area contributed by atoms with E-state index in [0.29, 0.717) is 22.5 Å². The number of hydrogen-bond donors (Lipinski definition) is 2. The van der Waals surface area contributed by atoms with Crippen LogP contribution in [0.1, 0.15) is 27.5 Å². The second-order valence-electron chi connectivity index (χ2n) is 10.7. The van der Waals surface area contributed by atoms with Gasteiger partial charge in [-0.15, -0.1) is 0 Å². The summed E-state index contributed by atoms with van der Waals surface area (Å²) < 4.78 is 0. The minimum atomic E-state index is -1.10. The van der Waals surface area contributed by atoms with Gasteiger partial charge in [-0.2, -0.15) is 0 Å². The zero-order chi connectivity index (χ0) is 30.8. The van der Waals surface area contributed by atoms with Gasteiger partial charge in [-0.3, -0.25) is 29.1 Å². The summed E-state index contributed by atoms with van der Waals surface area (Å²) in [5, 5.41) is 3.77. The third kappa shape index (κ3) is 5.40. The van der Waals surface area contributed by atoms with Crippen LogP contribution >= 0.6 is 0 Å². The van der Waals surface area contributed by atoms with Gasteiger partial charge in [-0.05, 0) is 54.1 Å². The van der Waals surface area contributed by atoms with E-state index in [2.05, 4.69) is 15.3 Å². The number of anilines is 3. The summed E-state index contributed by atoms with van der Waals surface area (Å²) in [6.45, 7) is -0.396. The van der Waals surface area contributed by atoms with E-state index in [1.54, 1.807) is 61.1 Å². The van der Waals surface area contributed by atoms with Gasteiger partial charge in [0.05, 0.1) is 11.3 Å². The number of H-pyrrole nitrogens is 1. The lowest BCUT2D eigenvalue weighted by Crippen LogP contribution is -2.46. The zero-order valence-corrected chi connectivity index (χ0v) is 24.2. The Balaban J connectivity index is 1.42. The Morgan fingerprint density at radius 1 is 0.932 bits per heavy atom. The van der Waals surface area contributed by atoms with Crippen LogP contribution in [0, 0.1) is 0 Å². The molecule has 44 heavy (non-hydrogen) atoms. The monoisotopic (exact) mass is 586 g/mol. The predicted octanol–water partition coefficient (Wildman–Crippen LogP) is 4.57. The summed E-state index contributed by atoms with van der Waals surface area (Å²) in [5.74, 6) is -2.40. The quantitative estimate of drug-likeness (QED) is 0.245. The summed E-state index contributed by atoms with van der Waals surface area (Å²) in [6, 6.07) is 24.0. The molecule has 10 heteroatoms. The molecule has 6 rings (SSSR count). The molecular weight excluding hydrogens is 556 g/mol. The van der Waals surface area contributed by atoms with E-state index < -0.39 is 36.1 Å². The lowest BCUT2D eigenvalue weighted by Gasteiger charge is -2.32. The molecule has 0 saturated carbocycles. The van der Waals surface area contributed by atoms with E-state index in [-0.39, 0.29) is 12.1 Å². The Bertz CT molecular complexity index is 1870. The molecule has 10 nitrogen and oxygen atoms in total. The number of rotatable bonds is 9. The number of carbonyl (C=O) groups excluding carboxylic acids is 4. The fourth-order valence-corrected chi connectivity index (χ4v) is 5.47. The molecule has 1 unspecified atom stereocenters. The number of pyridine rings is 1. The molecule has 2 aromatic heterocycles. The number of amides is 3. The van der Waals surface area contributed by atoms with Crippen LogP contribution in [0.4, 0.5) is 17.1 Å². The lowest BCUT2D eigenvalue weighted by atomic mass is 10.0. The van der Waals surface area contributed by atoms with E-state index >= 15 is 0 Å². The van der Waals surface area contributed by atoms with Gasteiger partial charge >= 0.3 is 0 Å². The average molecular weight is 587 g/mol. The molecule has 0 spiro atoms. The molecule has 0 aliphatic carbocycles. The summed E-state index contributed by atoms with van der Waals surface area (Å²) in [7, 11) is 3.86. The highest BCUT2D eigenvalue weighted by atomic mass is 16.2. The van der Waals surface area contributed by atoms with E-state index in [0.717, 1.165) is 16.6 Å². The number of fused-ring (bicyclic) bond motifs is 2. The van der Waals surface area contributed by atoms with Crippen LogP contribution in [0.2, 0.25) is 0 Å². The van der Waals surface area contributed by atoms with Crippen molar-refractivity contribution in [2.24, 2.45) is 0 Å². The zero-order valence-electron chi connectivity index (χ0n) is 24.2. The number of benzene rings is 3. The first-order valence-electron chi connectivity index (χ1n) is 14.1. The smallest absolute Gasteiger partial charge is 0.299 e. The van der Waals surface area contributed by atoms with Crippen molar-refractivity contribution < 1.29 is 19.2 Å². The number of aromatic nitrogens is 2. The fourth-order valence-electron chi connectivity index (χ4n) is 5.47. The number of Topliss-reactive ketones (excluding diaryl/α,β-unsaturated/α-hetero) is 1. The van der Waals surface area contributed by atoms with Crippen LogP contribution in [0.25, 0.3) is 10.9 Å². The maximum absolute atomic E-state index is 14.3. The largest absolute Gasteiger partial charge is 0.378 e. The van der Waals surface area contributed by atoms with Crippen LogP contribution in [0.15, 0.2) is 104 Å². The molecule has 220 valence electrons. The van der Waals surface area contributed by atoms with Crippen LogP contribution < -0.4 is 15.1 Å². The van der Waals surface area contributed by atoms with E-state index in [4.69, 9.17) is 0 Å². The second-order valence-corrected chi connectivity index (χ2v) is 10.7. The third-order valence-corrected chi connectivity index (χ3v) is 7.70. The van der Waals surface area contributed by atoms with Crippen molar-refractivity contribution in [3.63, 3.8) is 0 Å². The Hall–Kier alpha value is -5.77. The van der Waals surface area contributed by atoms with E-state index in [1.807, 2.05) is 61.5 Å². The van der Waals surface area contributed by atoms with Gasteiger partial charge in [-0.1, -0.05) is 36.4 Å². The highest BCUT2D eigenvalue weighted by Gasteiger charge is 2.40. The SMILES string of the molecule is CN(C)c1ccc(NC(=O)C(c2c[nH]c3ccccc23)N(Cc2cccnc2)C(=O)CN2C(=O)C(=O)c3ccccc32)cc1. The highest BCUT2D eigenvalue weighted by Crippen LogP contribution is 2.33. The molecule has 0 fully saturated rings. The van der Waals surface area contributed by atoms with E-state index in [1.165, 1.54) is 9.80 Å². The molecule has 0 radical (unpaired) electrons. The van der Waals surface area contributed by atoms with Crippen molar-refractivity contribution >= 4 is 51.5 Å². The van der Waals surface area contributed by atoms with Crippen molar-refractivity contribution in [2.45, 2.75) is 12.6 Å². The summed E-state index contributed by atoms with van der Waals surface area (Å²) in [4.78, 5) is 66.3. The molecule has 1 aliphatic rings. The van der Waals surface area contributed by atoms with Gasteiger partial charge in [0, 0.05) is 67.1 Å². The minimum absolute atomic E-state index is 0.0292. The molecule has 3 aromatic carbocycles. The first-order chi connectivity index (χ1) is 21.3. The fraction of sp³-hybridized carbons (Fsp3) is 0.147. The van der Waals surface area contributed by atoms with Crippen LogP contribution in [-0.4, -0.2) is 59.0 Å². The highest BCUT2D eigenvalue weighted by molar-refractivity contribution is 6.52. The molecule has 0 bridgehead atoms. The molecule has 2 N–H and O–H groups in total. The van der Waals surface area contributed by atoms with Gasteiger partial charge in [0.1, 0.15) is 12.6 Å². The van der Waals surface area contributed by atoms with Gasteiger partial charge in [-0.25, -0.2) is 0 Å². The summed E-state index contributed by atoms with van der Waals surface area (Å²) in [6.07, 6.45) is 4.99. The maximum Gasteiger partial charge on any atom is 0.299 e. The van der Waals surface area contributed by atoms with Crippen LogP contribution in [-0.2, 0) is 20.9 Å². The summed E-state index contributed by atoms with van der Waals surface area (Å²) >= 11 is 0. The number of hydrogen-bond acceptors (Lipinski definition) is 6. The minimum Gasteiger partial charge on any atom is -0.378 e. The normalized spacial score (nSPS) is 13.1. The first-order valence-corrected chi connectivity index (χ1v) is 14.1. The van der Waals surface area contributed by atoms with Gasteiger partial charge in [0.2, 0.25) is 5.91 Å². The van der Waals surface area contributed by atoms with Crippen molar-refractivity contribution in [3.8, 4) is 0 Å². The number of carbonyl (C=O) groups is 4. The van der Waals surface area contributed by atoms with Crippen molar-refractivity contribution in [1.82, 2.24) is 14.9 Å². The molecule has 1 aliphatic heterocycles. The third-order valence-electron chi connectivity index (χ3n) is 7.70. The Morgan fingerprint density at radius 2 is 1.68 bits per heavy atom. The van der Waals surface area contributed by atoms with Crippen molar-refractivity contribution in [3.05, 3.63) is 120 Å². The Morgan fingerprint density at radius 3 is 2.43 bits per heavy atom. The maximum atomic E-state index is 14.3. The molecule has 0 saturated heterocycles. The molecule has 1 atom stereocenters. The number of ketones is 1. The number of aromatic amines is 1. The topological polar surface area (TPSA) is 119 Å². The molecular formula is C34H30N6O4. The second kappa shape index (κ2) is 11.8. The van der Waals surface area contributed by atoms with Crippen LogP contribution in [0.5, 0.6) is 0 Å².